The molecule has 1 aromatic rings. The van der Waals surface area contributed by atoms with Crippen molar-refractivity contribution in [1.82, 2.24) is 5.32 Å². The van der Waals surface area contributed by atoms with E-state index in [2.05, 4.69) is 5.32 Å². The molecule has 104 valence electrons. The summed E-state index contributed by atoms with van der Waals surface area (Å²) in [6.45, 7) is 3.82. The Hall–Kier alpha value is -1.95. The minimum Gasteiger partial charge on any atom is -0.426 e. The van der Waals surface area contributed by atoms with Crippen LogP contribution in [0.15, 0.2) is 18.2 Å². The molecule has 1 heterocycles. The van der Waals surface area contributed by atoms with Crippen LogP contribution in [0, 0.1) is 5.92 Å². The van der Waals surface area contributed by atoms with E-state index >= 15 is 0 Å². The number of para-hydroxylation sites is 1. The molecule has 0 aromatic heterocycles. The molecular formula is C13H17NO5. The van der Waals surface area contributed by atoms with E-state index in [1.807, 2.05) is 13.8 Å². The fourth-order valence-corrected chi connectivity index (χ4v) is 1.78. The molecule has 0 bridgehead atoms. The molecule has 0 saturated heterocycles. The van der Waals surface area contributed by atoms with Crippen LogP contribution in [0.1, 0.15) is 13.8 Å². The molecule has 1 aliphatic rings. The number of hydrogen-bond donors (Lipinski definition) is 1. The summed E-state index contributed by atoms with van der Waals surface area (Å²) in [7, 11) is 2.99. The normalized spacial score (nSPS) is 20.5. The average molecular weight is 267 g/mol. The van der Waals surface area contributed by atoms with Crippen LogP contribution in [0.3, 0.4) is 0 Å². The predicted octanol–water partition coefficient (Wildman–Crippen LogP) is 2.13. The second-order valence-corrected chi connectivity index (χ2v) is 4.39. The Morgan fingerprint density at radius 1 is 1.37 bits per heavy atom. The average Bonchev–Trinajstić information content (AvgIpc) is 2.80. The first-order chi connectivity index (χ1) is 9.02. The molecule has 1 amide bonds. The number of nitrogens with one attached hydrogen (secondary N) is 1. The number of benzene rings is 1. The van der Waals surface area contributed by atoms with Gasteiger partial charge in [0.15, 0.2) is 11.5 Å². The smallest absolute Gasteiger partial charge is 0.412 e. The van der Waals surface area contributed by atoms with E-state index in [1.54, 1.807) is 18.2 Å². The number of hydrogen-bond acceptors (Lipinski definition) is 5. The lowest BCUT2D eigenvalue weighted by atomic mass is 10.2. The molecule has 1 N–H and O–H groups in total. The van der Waals surface area contributed by atoms with Crippen LogP contribution < -0.4 is 19.5 Å². The predicted molar refractivity (Wildman–Crippen MR) is 67.4 cm³/mol. The molecule has 1 unspecified atom stereocenters. The van der Waals surface area contributed by atoms with Crippen molar-refractivity contribution in [3.63, 3.8) is 0 Å². The summed E-state index contributed by atoms with van der Waals surface area (Å²) in [5.41, 5.74) is 0. The summed E-state index contributed by atoms with van der Waals surface area (Å²) < 4.78 is 21.9. The van der Waals surface area contributed by atoms with Gasteiger partial charge in [0, 0.05) is 14.2 Å². The molecule has 1 aromatic carbocycles. The molecule has 19 heavy (non-hydrogen) atoms. The molecule has 0 saturated carbocycles. The largest absolute Gasteiger partial charge is 0.426 e. The standard InChI is InChI=1S/C13H17NO5/c1-8(2)13(16-4)18-10-7-5-6-9(11(10)19-13)17-12(15)14-3/h5-8H,1-4H3,(H,14,15). The highest BCUT2D eigenvalue weighted by atomic mass is 16.9. The quantitative estimate of drug-likeness (QED) is 0.908. The van der Waals surface area contributed by atoms with Gasteiger partial charge >= 0.3 is 12.1 Å². The number of carbonyl (C=O) groups is 1. The zero-order valence-electron chi connectivity index (χ0n) is 11.4. The fourth-order valence-electron chi connectivity index (χ4n) is 1.78. The van der Waals surface area contributed by atoms with Crippen molar-refractivity contribution in [2.45, 2.75) is 19.8 Å². The monoisotopic (exact) mass is 267 g/mol. The van der Waals surface area contributed by atoms with Crippen LogP contribution in [0.5, 0.6) is 17.2 Å². The Morgan fingerprint density at radius 3 is 2.68 bits per heavy atom. The van der Waals surface area contributed by atoms with E-state index in [0.717, 1.165) is 0 Å². The first-order valence-corrected chi connectivity index (χ1v) is 5.98. The zero-order valence-corrected chi connectivity index (χ0v) is 11.4. The molecule has 0 fully saturated rings. The molecular weight excluding hydrogens is 250 g/mol. The van der Waals surface area contributed by atoms with E-state index in [1.165, 1.54) is 14.2 Å². The minimum atomic E-state index is -1.19. The third-order valence-corrected chi connectivity index (χ3v) is 2.84. The molecule has 6 heteroatoms. The van der Waals surface area contributed by atoms with Crippen LogP contribution in [0.25, 0.3) is 0 Å². The molecule has 0 aliphatic carbocycles. The maximum absolute atomic E-state index is 11.3. The third-order valence-electron chi connectivity index (χ3n) is 2.84. The van der Waals surface area contributed by atoms with Gasteiger partial charge < -0.3 is 24.3 Å². The van der Waals surface area contributed by atoms with Crippen LogP contribution in [-0.4, -0.2) is 26.2 Å². The summed E-state index contributed by atoms with van der Waals surface area (Å²) in [4.78, 5) is 11.3. The van der Waals surface area contributed by atoms with Gasteiger partial charge in [-0.3, -0.25) is 0 Å². The summed E-state index contributed by atoms with van der Waals surface area (Å²) in [5, 5.41) is 2.37. The molecule has 6 nitrogen and oxygen atoms in total. The highest BCUT2D eigenvalue weighted by Gasteiger charge is 2.47. The summed E-state index contributed by atoms with van der Waals surface area (Å²) >= 11 is 0. The molecule has 0 spiro atoms. The summed E-state index contributed by atoms with van der Waals surface area (Å²) in [6, 6.07) is 5.07. The second-order valence-electron chi connectivity index (χ2n) is 4.39. The summed E-state index contributed by atoms with van der Waals surface area (Å²) in [6.07, 6.45) is -0.573. The van der Waals surface area contributed by atoms with Gasteiger partial charge in [-0.1, -0.05) is 19.9 Å². The van der Waals surface area contributed by atoms with Gasteiger partial charge in [-0.2, -0.15) is 0 Å². The van der Waals surface area contributed by atoms with Crippen molar-refractivity contribution in [3.05, 3.63) is 18.2 Å². The lowest BCUT2D eigenvalue weighted by Gasteiger charge is -2.28. The number of amides is 1. The third kappa shape index (κ3) is 2.31. The van der Waals surface area contributed by atoms with Crippen LogP contribution in [0.2, 0.25) is 0 Å². The Kier molecular flexibility index (Phi) is 3.53. The van der Waals surface area contributed by atoms with E-state index in [-0.39, 0.29) is 11.7 Å². The number of ether oxygens (including phenoxy) is 4. The molecule has 0 radical (unpaired) electrons. The van der Waals surface area contributed by atoms with Crippen molar-refractivity contribution < 1.29 is 23.7 Å². The fraction of sp³-hybridized carbons (Fsp3) is 0.462. The lowest BCUT2D eigenvalue weighted by Crippen LogP contribution is -2.45. The van der Waals surface area contributed by atoms with Crippen LogP contribution >= 0.6 is 0 Å². The Balaban J connectivity index is 2.32. The first kappa shape index (κ1) is 13.5. The number of methoxy groups -OCH3 is 1. The van der Waals surface area contributed by atoms with Gasteiger partial charge in [0.2, 0.25) is 5.75 Å². The second kappa shape index (κ2) is 4.97. The Bertz CT molecular complexity index is 488. The van der Waals surface area contributed by atoms with E-state index in [4.69, 9.17) is 18.9 Å². The van der Waals surface area contributed by atoms with Crippen molar-refractivity contribution in [1.29, 1.82) is 0 Å². The van der Waals surface area contributed by atoms with Crippen molar-refractivity contribution in [3.8, 4) is 17.2 Å². The highest BCUT2D eigenvalue weighted by Crippen LogP contribution is 2.48. The Labute approximate surface area is 111 Å². The maximum Gasteiger partial charge on any atom is 0.412 e. The van der Waals surface area contributed by atoms with Gasteiger partial charge in [-0.15, -0.1) is 0 Å². The van der Waals surface area contributed by atoms with Gasteiger partial charge in [0.25, 0.3) is 0 Å². The van der Waals surface area contributed by atoms with Gasteiger partial charge in [-0.25, -0.2) is 4.79 Å². The van der Waals surface area contributed by atoms with Gasteiger partial charge in [-0.05, 0) is 12.1 Å². The zero-order chi connectivity index (χ0) is 14.0. The summed E-state index contributed by atoms with van der Waals surface area (Å²) in [5.74, 6) is -0.0995. The van der Waals surface area contributed by atoms with Crippen LogP contribution in [-0.2, 0) is 4.74 Å². The number of fused-ring (bicyclic) bond motifs is 1. The first-order valence-electron chi connectivity index (χ1n) is 5.98. The van der Waals surface area contributed by atoms with Crippen LogP contribution in [0.4, 0.5) is 4.79 Å². The maximum atomic E-state index is 11.3. The number of rotatable bonds is 3. The molecule has 2 rings (SSSR count). The lowest BCUT2D eigenvalue weighted by molar-refractivity contribution is -0.294. The van der Waals surface area contributed by atoms with E-state index in [0.29, 0.717) is 11.5 Å². The Morgan fingerprint density at radius 2 is 2.11 bits per heavy atom. The highest BCUT2D eigenvalue weighted by molar-refractivity contribution is 5.72. The van der Waals surface area contributed by atoms with E-state index in [9.17, 15) is 4.79 Å². The van der Waals surface area contributed by atoms with E-state index < -0.39 is 12.1 Å². The minimum absolute atomic E-state index is 0.0437. The van der Waals surface area contributed by atoms with Crippen molar-refractivity contribution in [2.75, 3.05) is 14.2 Å². The number of carbonyl (C=O) groups excluding carboxylic acids is 1. The van der Waals surface area contributed by atoms with Crippen molar-refractivity contribution >= 4 is 6.09 Å². The SMILES string of the molecule is CNC(=O)Oc1cccc2c1OC(OC)(C(C)C)O2. The van der Waals surface area contributed by atoms with Gasteiger partial charge in [0.05, 0.1) is 5.92 Å². The molecule has 1 aliphatic heterocycles. The topological polar surface area (TPSA) is 66.0 Å². The van der Waals surface area contributed by atoms with Gasteiger partial charge in [0.1, 0.15) is 0 Å². The van der Waals surface area contributed by atoms with Crippen molar-refractivity contribution in [2.24, 2.45) is 5.92 Å². The molecule has 1 atom stereocenters.